The van der Waals surface area contributed by atoms with Crippen LogP contribution in [-0.4, -0.2) is 0 Å². The van der Waals surface area contributed by atoms with Crippen LogP contribution in [0.1, 0.15) is 15.1 Å². The van der Waals surface area contributed by atoms with E-state index in [1.807, 2.05) is 42.5 Å². The first kappa shape index (κ1) is 14.2. The van der Waals surface area contributed by atoms with Gasteiger partial charge in [-0.25, -0.2) is 0 Å². The van der Waals surface area contributed by atoms with Gasteiger partial charge in [0, 0.05) is 27.5 Å². The molecule has 3 heteroatoms. The third-order valence-electron chi connectivity index (χ3n) is 7.29. The van der Waals surface area contributed by atoms with E-state index in [0.717, 1.165) is 5.39 Å². The topological polar surface area (TPSA) is 29.5 Å². The summed E-state index contributed by atoms with van der Waals surface area (Å²) in [5, 5.41) is 0.535. The second-order valence-electron chi connectivity index (χ2n) is 9.65. The number of hydrogen-bond donors (Lipinski definition) is 0. The van der Waals surface area contributed by atoms with Crippen molar-refractivity contribution in [3.63, 3.8) is 0 Å². The Labute approximate surface area is 250 Å². The van der Waals surface area contributed by atoms with Gasteiger partial charge in [-0.3, -0.25) is 0 Å². The molecule has 41 heavy (non-hydrogen) atoms. The molecule has 0 N–H and O–H groups in total. The van der Waals surface area contributed by atoms with Crippen LogP contribution in [0.4, 0.5) is 17.1 Å². The highest BCUT2D eigenvalue weighted by Crippen LogP contribution is 2.44. The number of hydrogen-bond acceptors (Lipinski definition) is 3. The van der Waals surface area contributed by atoms with E-state index in [1.165, 1.54) is 0 Å². The van der Waals surface area contributed by atoms with E-state index in [-0.39, 0.29) is 55.2 Å². The summed E-state index contributed by atoms with van der Waals surface area (Å²) in [6.45, 7) is 0. The molecule has 0 atom stereocenters. The van der Waals surface area contributed by atoms with E-state index in [2.05, 4.69) is 0 Å². The second-order valence-corrected chi connectivity index (χ2v) is 9.65. The first-order chi connectivity index (χ1) is 24.9. The predicted octanol–water partition coefficient (Wildman–Crippen LogP) is 11.3. The van der Waals surface area contributed by atoms with Gasteiger partial charge in [-0.2, -0.15) is 0 Å². The van der Waals surface area contributed by atoms with Gasteiger partial charge in [0.15, 0.2) is 0 Å². The number of nitrogens with zero attached hydrogens (tertiary/aromatic N) is 1. The van der Waals surface area contributed by atoms with Gasteiger partial charge in [0.1, 0.15) is 22.3 Å². The van der Waals surface area contributed by atoms with E-state index < -0.39 is 60.4 Å². The fourth-order valence-corrected chi connectivity index (χ4v) is 5.49. The van der Waals surface area contributed by atoms with Crippen molar-refractivity contribution in [2.75, 3.05) is 4.90 Å². The average molecular weight is 537 g/mol. The van der Waals surface area contributed by atoms with Crippen LogP contribution in [-0.2, 0) is 0 Å². The van der Waals surface area contributed by atoms with Gasteiger partial charge in [0.25, 0.3) is 0 Å². The maximum absolute atomic E-state index is 9.83. The Hall–Kier alpha value is -5.54. The number of para-hydroxylation sites is 3. The summed E-state index contributed by atoms with van der Waals surface area (Å²) in [5.41, 5.74) is 1.68. The van der Waals surface area contributed by atoms with Crippen molar-refractivity contribution < 1.29 is 23.9 Å². The van der Waals surface area contributed by atoms with E-state index in [9.17, 15) is 6.85 Å². The van der Waals surface area contributed by atoms with E-state index >= 15 is 0 Å². The minimum Gasteiger partial charge on any atom is -0.456 e. The van der Waals surface area contributed by atoms with Crippen LogP contribution in [0.5, 0.6) is 0 Å². The molecule has 0 unspecified atom stereocenters. The van der Waals surface area contributed by atoms with Crippen LogP contribution >= 0.6 is 0 Å². The van der Waals surface area contributed by atoms with E-state index in [0.29, 0.717) is 27.9 Å². The van der Waals surface area contributed by atoms with Crippen molar-refractivity contribution in [2.45, 2.75) is 0 Å². The third kappa shape index (κ3) is 3.33. The van der Waals surface area contributed by atoms with Gasteiger partial charge >= 0.3 is 0 Å². The fourth-order valence-electron chi connectivity index (χ4n) is 5.49. The number of anilines is 3. The van der Waals surface area contributed by atoms with Crippen molar-refractivity contribution in [1.82, 2.24) is 0 Å². The Morgan fingerprint density at radius 2 is 1.22 bits per heavy atom. The summed E-state index contributed by atoms with van der Waals surface area (Å²) in [7, 11) is 0. The third-order valence-corrected chi connectivity index (χ3v) is 7.29. The molecule has 0 amide bonds. The molecule has 0 bridgehead atoms. The lowest BCUT2D eigenvalue weighted by Crippen LogP contribution is -2.10. The molecule has 0 aliphatic carbocycles. The molecular weight excluding hydrogens is 502 g/mol. The quantitative estimate of drug-likeness (QED) is 0.210. The number of fused-ring (bicyclic) bond motifs is 9. The van der Waals surface area contributed by atoms with Crippen LogP contribution in [0.3, 0.4) is 0 Å². The van der Waals surface area contributed by atoms with Gasteiger partial charge in [0.2, 0.25) is 0 Å². The van der Waals surface area contributed by atoms with Gasteiger partial charge in [-0.05, 0) is 82.1 Å². The Morgan fingerprint density at radius 1 is 0.463 bits per heavy atom. The molecule has 3 nitrogen and oxygen atoms in total. The zero-order valence-electron chi connectivity index (χ0n) is 32.2. The lowest BCUT2D eigenvalue weighted by molar-refractivity contribution is 0.669. The highest BCUT2D eigenvalue weighted by atomic mass is 16.3. The van der Waals surface area contributed by atoms with E-state index in [1.54, 1.807) is 35.2 Å². The summed E-state index contributed by atoms with van der Waals surface area (Å²) in [6, 6.07) is 16.7. The number of benzene rings is 7. The highest BCUT2D eigenvalue weighted by Gasteiger charge is 2.20. The van der Waals surface area contributed by atoms with Gasteiger partial charge in [-0.1, -0.05) is 78.7 Å². The minimum absolute atomic E-state index is 0.0510. The lowest BCUT2D eigenvalue weighted by atomic mass is 9.98. The molecule has 0 fully saturated rings. The lowest BCUT2D eigenvalue weighted by Gasteiger charge is -2.26. The van der Waals surface area contributed by atoms with Crippen molar-refractivity contribution in [3.05, 3.63) is 139 Å². The average Bonchev–Trinajstić information content (AvgIpc) is 3.74. The summed E-state index contributed by atoms with van der Waals surface area (Å²) in [5.74, 6) is 0. The zero-order chi connectivity index (χ0) is 36.5. The van der Waals surface area contributed by atoms with E-state index in [4.69, 9.17) is 17.1 Å². The molecule has 0 spiro atoms. The fraction of sp³-hybridized carbons (Fsp3) is 0. The molecule has 2 heterocycles. The largest absolute Gasteiger partial charge is 0.456 e. The Morgan fingerprint density at radius 3 is 2.17 bits per heavy atom. The second kappa shape index (κ2) is 8.48. The Kier molecular flexibility index (Phi) is 2.94. The molecular formula is C38H23NO2. The highest BCUT2D eigenvalue weighted by molar-refractivity contribution is 6.18. The van der Waals surface area contributed by atoms with Gasteiger partial charge in [0.05, 0.1) is 26.2 Å². The maximum Gasteiger partial charge on any atom is 0.137 e. The summed E-state index contributed by atoms with van der Waals surface area (Å²) in [6.07, 6.45) is 0. The number of furan rings is 2. The molecule has 2 aromatic heterocycles. The first-order valence-electron chi connectivity index (χ1n) is 18.5. The molecule has 0 radical (unpaired) electrons. The van der Waals surface area contributed by atoms with Gasteiger partial charge < -0.3 is 13.7 Å². The standard InChI is InChI=1S/C38H23NO2/c1-2-9-26(10-3-1)39(33-13-8-16-36-38(33)29-12-5-7-15-35(29)40-36)27-20-19-24-17-18-25-21-37-32(23-31(25)30(24)22-27)28-11-4-6-14-34(28)41-37/h1-23H/i4D,6D,11D,14D,17D,18D,19D,20D,21D,22D,23D. The number of rotatable bonds is 3. The Bertz CT molecular complexity index is 3050. The van der Waals surface area contributed by atoms with Crippen LogP contribution < -0.4 is 4.90 Å². The van der Waals surface area contributed by atoms with Crippen LogP contribution in [0.2, 0.25) is 0 Å². The van der Waals surface area contributed by atoms with Crippen LogP contribution in [0, 0.1) is 0 Å². The predicted molar refractivity (Wildman–Crippen MR) is 171 cm³/mol. The molecule has 7 aromatic carbocycles. The van der Waals surface area contributed by atoms with Gasteiger partial charge in [-0.15, -0.1) is 0 Å². The molecule has 192 valence electrons. The van der Waals surface area contributed by atoms with Crippen molar-refractivity contribution in [2.24, 2.45) is 0 Å². The molecule has 0 saturated heterocycles. The molecule has 9 rings (SSSR count). The molecule has 0 aliphatic rings. The smallest absolute Gasteiger partial charge is 0.137 e. The monoisotopic (exact) mass is 536 g/mol. The molecule has 9 aromatic rings. The summed E-state index contributed by atoms with van der Waals surface area (Å²) >= 11 is 0. The molecule has 0 saturated carbocycles. The summed E-state index contributed by atoms with van der Waals surface area (Å²) < 4.78 is 111. The maximum atomic E-state index is 9.83. The first-order valence-corrected chi connectivity index (χ1v) is 13.0. The Balaban J connectivity index is 1.50. The SMILES string of the molecule is [2H]c1c([2H])c([2H])c2c(oc3c([2H])c4c([2H])c([2H])c5c([2H])c([2H])c(N(c6ccccc6)c6cccc7oc8ccccc8c67)c([2H])c5c4c([2H])c32)c1[2H]. The molecule has 0 aliphatic heterocycles. The van der Waals surface area contributed by atoms with Crippen LogP contribution in [0.15, 0.2) is 148 Å². The zero-order valence-corrected chi connectivity index (χ0v) is 21.2. The normalized spacial score (nSPS) is 15.7. The summed E-state index contributed by atoms with van der Waals surface area (Å²) in [4.78, 5) is 1.67. The van der Waals surface area contributed by atoms with Crippen LogP contribution in [0.25, 0.3) is 65.4 Å². The minimum atomic E-state index is -0.561. The van der Waals surface area contributed by atoms with Crippen molar-refractivity contribution in [1.29, 1.82) is 0 Å². The van der Waals surface area contributed by atoms with Crippen molar-refractivity contribution in [3.8, 4) is 0 Å². The van der Waals surface area contributed by atoms with Crippen molar-refractivity contribution >= 4 is 82.5 Å².